The first kappa shape index (κ1) is 12.3. The standard InChI is InChI=1S/C12H12FNO4/c1-12(11(15)16)6-9(14-18-12)7-3-4-8(13)10(5-7)17-2/h3-5H,6H2,1-2H3,(H,15,16)/t12-/m0/s1. The monoisotopic (exact) mass is 253 g/mol. The number of halogens is 1. The first-order valence-corrected chi connectivity index (χ1v) is 5.28. The molecule has 5 nitrogen and oxygen atoms in total. The van der Waals surface area contributed by atoms with Gasteiger partial charge in [0.15, 0.2) is 11.6 Å². The van der Waals surface area contributed by atoms with Crippen LogP contribution in [0.15, 0.2) is 23.4 Å². The Kier molecular flexibility index (Phi) is 2.94. The highest BCUT2D eigenvalue weighted by atomic mass is 19.1. The van der Waals surface area contributed by atoms with Crippen LogP contribution in [0, 0.1) is 5.82 Å². The topological polar surface area (TPSA) is 68.1 Å². The second-order valence-electron chi connectivity index (χ2n) is 4.19. The van der Waals surface area contributed by atoms with Crippen molar-refractivity contribution in [2.24, 2.45) is 5.16 Å². The van der Waals surface area contributed by atoms with Crippen LogP contribution in [0.25, 0.3) is 0 Å². The molecule has 0 fully saturated rings. The molecule has 0 saturated heterocycles. The molecule has 1 aromatic carbocycles. The minimum Gasteiger partial charge on any atom is -0.494 e. The quantitative estimate of drug-likeness (QED) is 0.891. The summed E-state index contributed by atoms with van der Waals surface area (Å²) in [6.07, 6.45) is 0.122. The van der Waals surface area contributed by atoms with Gasteiger partial charge in [0.2, 0.25) is 5.60 Å². The number of oxime groups is 1. The first-order valence-electron chi connectivity index (χ1n) is 5.28. The Morgan fingerprint density at radius 1 is 1.61 bits per heavy atom. The second kappa shape index (κ2) is 4.29. The van der Waals surface area contributed by atoms with E-state index in [9.17, 15) is 9.18 Å². The van der Waals surface area contributed by atoms with Gasteiger partial charge in [-0.2, -0.15) is 0 Å². The van der Waals surface area contributed by atoms with Crippen LogP contribution in [0.5, 0.6) is 5.75 Å². The fourth-order valence-electron chi connectivity index (χ4n) is 1.65. The van der Waals surface area contributed by atoms with E-state index in [1.165, 1.54) is 32.2 Å². The minimum atomic E-state index is -1.36. The number of ether oxygens (including phenoxy) is 1. The highest BCUT2D eigenvalue weighted by Crippen LogP contribution is 2.28. The summed E-state index contributed by atoms with van der Waals surface area (Å²) in [5, 5.41) is 12.7. The normalized spacial score (nSPS) is 22.3. The Hall–Kier alpha value is -2.11. The van der Waals surface area contributed by atoms with Crippen molar-refractivity contribution in [1.29, 1.82) is 0 Å². The molecule has 1 N–H and O–H groups in total. The Morgan fingerprint density at radius 3 is 2.89 bits per heavy atom. The number of aliphatic carboxylic acids is 1. The van der Waals surface area contributed by atoms with Crippen molar-refractivity contribution in [2.45, 2.75) is 18.9 Å². The fraction of sp³-hybridized carbons (Fsp3) is 0.333. The number of carboxylic acids is 1. The van der Waals surface area contributed by atoms with E-state index in [1.807, 2.05) is 0 Å². The third kappa shape index (κ3) is 2.01. The Bertz CT molecular complexity index is 529. The number of nitrogens with zero attached hydrogens (tertiary/aromatic N) is 1. The lowest BCUT2D eigenvalue weighted by molar-refractivity contribution is -0.160. The van der Waals surface area contributed by atoms with Crippen molar-refractivity contribution < 1.29 is 23.9 Å². The third-order valence-corrected chi connectivity index (χ3v) is 2.80. The lowest BCUT2D eigenvalue weighted by atomic mass is 9.96. The van der Waals surface area contributed by atoms with E-state index in [-0.39, 0.29) is 12.2 Å². The summed E-state index contributed by atoms with van der Waals surface area (Å²) in [6.45, 7) is 1.44. The largest absolute Gasteiger partial charge is 0.494 e. The maximum atomic E-state index is 13.2. The number of benzene rings is 1. The molecular formula is C12H12FNO4. The molecule has 96 valence electrons. The molecular weight excluding hydrogens is 241 g/mol. The molecule has 0 aliphatic carbocycles. The van der Waals surface area contributed by atoms with Crippen LogP contribution in [0.3, 0.4) is 0 Å². The van der Waals surface area contributed by atoms with Crippen LogP contribution in [-0.4, -0.2) is 29.5 Å². The Balaban J connectivity index is 2.27. The maximum absolute atomic E-state index is 13.2. The van der Waals surface area contributed by atoms with Crippen molar-refractivity contribution in [3.8, 4) is 5.75 Å². The molecule has 0 saturated carbocycles. The molecule has 0 bridgehead atoms. The van der Waals surface area contributed by atoms with E-state index in [1.54, 1.807) is 0 Å². The van der Waals surface area contributed by atoms with Crippen molar-refractivity contribution in [1.82, 2.24) is 0 Å². The molecule has 0 spiro atoms. The van der Waals surface area contributed by atoms with Crippen LogP contribution in [0.4, 0.5) is 4.39 Å². The average molecular weight is 253 g/mol. The molecule has 1 aromatic rings. The molecule has 2 rings (SSSR count). The number of rotatable bonds is 3. The van der Waals surface area contributed by atoms with Gasteiger partial charge in [0, 0.05) is 12.0 Å². The molecule has 18 heavy (non-hydrogen) atoms. The SMILES string of the molecule is COc1cc(C2=NO[C@](C)(C(=O)O)C2)ccc1F. The van der Waals surface area contributed by atoms with Gasteiger partial charge in [-0.05, 0) is 25.1 Å². The molecule has 1 aliphatic rings. The van der Waals surface area contributed by atoms with E-state index >= 15 is 0 Å². The number of hydrogen-bond donors (Lipinski definition) is 1. The average Bonchev–Trinajstić information content (AvgIpc) is 2.74. The van der Waals surface area contributed by atoms with Crippen molar-refractivity contribution in [2.75, 3.05) is 7.11 Å². The van der Waals surface area contributed by atoms with Gasteiger partial charge in [-0.1, -0.05) is 5.16 Å². The molecule has 0 aromatic heterocycles. The lowest BCUT2D eigenvalue weighted by Gasteiger charge is -2.14. The zero-order chi connectivity index (χ0) is 13.3. The predicted octanol–water partition coefficient (Wildman–Crippen LogP) is 1.80. The highest BCUT2D eigenvalue weighted by Gasteiger charge is 2.42. The highest BCUT2D eigenvalue weighted by molar-refractivity contribution is 6.04. The van der Waals surface area contributed by atoms with Gasteiger partial charge in [-0.3, -0.25) is 0 Å². The molecule has 0 amide bonds. The van der Waals surface area contributed by atoms with Gasteiger partial charge in [0.05, 0.1) is 12.8 Å². The molecule has 1 atom stereocenters. The lowest BCUT2D eigenvalue weighted by Crippen LogP contribution is -2.35. The smallest absolute Gasteiger partial charge is 0.351 e. The van der Waals surface area contributed by atoms with Gasteiger partial charge in [0.1, 0.15) is 0 Å². The van der Waals surface area contributed by atoms with Gasteiger partial charge in [-0.25, -0.2) is 9.18 Å². The number of carbonyl (C=O) groups is 1. The molecule has 6 heteroatoms. The van der Waals surface area contributed by atoms with E-state index in [4.69, 9.17) is 14.7 Å². The van der Waals surface area contributed by atoms with Crippen LogP contribution in [-0.2, 0) is 9.63 Å². The molecule has 1 aliphatic heterocycles. The zero-order valence-electron chi connectivity index (χ0n) is 9.94. The fourth-order valence-corrected chi connectivity index (χ4v) is 1.65. The summed E-state index contributed by atoms with van der Waals surface area (Å²) >= 11 is 0. The molecule has 0 radical (unpaired) electrons. The number of methoxy groups -OCH3 is 1. The van der Waals surface area contributed by atoms with E-state index in [0.717, 1.165) is 0 Å². The molecule has 1 heterocycles. The molecule has 0 unspecified atom stereocenters. The van der Waals surface area contributed by atoms with Crippen molar-refractivity contribution in [3.05, 3.63) is 29.6 Å². The summed E-state index contributed by atoms with van der Waals surface area (Å²) in [6, 6.07) is 4.21. The Morgan fingerprint density at radius 2 is 2.33 bits per heavy atom. The van der Waals surface area contributed by atoms with Crippen LogP contribution in [0.1, 0.15) is 18.9 Å². The van der Waals surface area contributed by atoms with E-state index in [0.29, 0.717) is 11.3 Å². The summed E-state index contributed by atoms with van der Waals surface area (Å²) in [5.41, 5.74) is -0.326. The van der Waals surface area contributed by atoms with Gasteiger partial charge in [-0.15, -0.1) is 0 Å². The van der Waals surface area contributed by atoms with E-state index < -0.39 is 17.4 Å². The summed E-state index contributed by atoms with van der Waals surface area (Å²) < 4.78 is 18.1. The van der Waals surface area contributed by atoms with Crippen LogP contribution in [0.2, 0.25) is 0 Å². The van der Waals surface area contributed by atoms with Gasteiger partial charge >= 0.3 is 5.97 Å². The summed E-state index contributed by atoms with van der Waals surface area (Å²) in [5.74, 6) is -1.49. The van der Waals surface area contributed by atoms with E-state index in [2.05, 4.69) is 5.16 Å². The second-order valence-corrected chi connectivity index (χ2v) is 4.19. The van der Waals surface area contributed by atoms with Crippen LogP contribution < -0.4 is 4.74 Å². The third-order valence-electron chi connectivity index (χ3n) is 2.80. The first-order chi connectivity index (χ1) is 8.46. The van der Waals surface area contributed by atoms with Crippen molar-refractivity contribution >= 4 is 11.7 Å². The summed E-state index contributed by atoms with van der Waals surface area (Å²) in [4.78, 5) is 15.9. The summed E-state index contributed by atoms with van der Waals surface area (Å²) in [7, 11) is 1.36. The Labute approximate surface area is 103 Å². The van der Waals surface area contributed by atoms with Gasteiger partial charge < -0.3 is 14.7 Å². The number of hydrogen-bond acceptors (Lipinski definition) is 4. The predicted molar refractivity (Wildman–Crippen MR) is 61.2 cm³/mol. The minimum absolute atomic E-state index is 0.0825. The van der Waals surface area contributed by atoms with Crippen LogP contribution >= 0.6 is 0 Å². The number of carboxylic acid groups (broad SMARTS) is 1. The van der Waals surface area contributed by atoms with Gasteiger partial charge in [0.25, 0.3) is 0 Å². The maximum Gasteiger partial charge on any atom is 0.351 e. The van der Waals surface area contributed by atoms with Crippen molar-refractivity contribution in [3.63, 3.8) is 0 Å². The zero-order valence-corrected chi connectivity index (χ0v) is 9.94.